The summed E-state index contributed by atoms with van der Waals surface area (Å²) in [6, 6.07) is 12.7. The number of fused-ring (bicyclic) bond motifs is 3. The molecule has 1 saturated heterocycles. The predicted molar refractivity (Wildman–Crippen MR) is 143 cm³/mol. The van der Waals surface area contributed by atoms with Gasteiger partial charge in [-0.25, -0.2) is 9.97 Å². The quantitative estimate of drug-likeness (QED) is 0.392. The van der Waals surface area contributed by atoms with Crippen molar-refractivity contribution in [1.82, 2.24) is 25.1 Å². The van der Waals surface area contributed by atoms with Crippen molar-refractivity contribution in [2.24, 2.45) is 11.1 Å². The fourth-order valence-corrected chi connectivity index (χ4v) is 6.62. The van der Waals surface area contributed by atoms with Crippen molar-refractivity contribution < 1.29 is 5.11 Å². The molecular formula is C28H32N8O. The van der Waals surface area contributed by atoms with E-state index in [1.54, 1.807) is 6.92 Å². The maximum absolute atomic E-state index is 10.8. The Bertz CT molecular complexity index is 1470. The van der Waals surface area contributed by atoms with Crippen LogP contribution in [0.15, 0.2) is 42.6 Å². The molecule has 2 atom stereocenters. The van der Waals surface area contributed by atoms with Crippen LogP contribution in [-0.4, -0.2) is 49.9 Å². The van der Waals surface area contributed by atoms with Gasteiger partial charge in [0.25, 0.3) is 0 Å². The number of aromatic nitrogens is 5. The van der Waals surface area contributed by atoms with Gasteiger partial charge >= 0.3 is 0 Å². The van der Waals surface area contributed by atoms with E-state index in [2.05, 4.69) is 55.3 Å². The Morgan fingerprint density at radius 2 is 1.92 bits per heavy atom. The number of aliphatic hydroxyl groups excluding tert-OH is 1. The van der Waals surface area contributed by atoms with Crippen LogP contribution in [0.1, 0.15) is 60.8 Å². The highest BCUT2D eigenvalue weighted by molar-refractivity contribution is 5.88. The Kier molecular flexibility index (Phi) is 5.19. The largest absolute Gasteiger partial charge is 0.387 e. The van der Waals surface area contributed by atoms with Crippen molar-refractivity contribution in [2.75, 3.05) is 29.4 Å². The Balaban J connectivity index is 1.21. The summed E-state index contributed by atoms with van der Waals surface area (Å²) in [6.45, 7) is 4.25. The standard InChI is InChI=1S/C28H32N8O/c1-17(37)22-26(35-14-10-28(11-15-35)16-18-6-2-3-7-19(18)24(28)29)32-25-23(31-22)27(34-33-25)36-13-5-8-20-21(36)9-4-12-30-20/h2-4,6-7,9,12,17,24,37H,5,8,10-11,13-16,29H2,1H3,(H,32,33,34)/t17?,24-/m1/s1. The first-order valence-corrected chi connectivity index (χ1v) is 13.3. The Labute approximate surface area is 215 Å². The van der Waals surface area contributed by atoms with Crippen molar-refractivity contribution in [2.45, 2.75) is 51.2 Å². The van der Waals surface area contributed by atoms with Gasteiger partial charge in [0.05, 0.1) is 17.5 Å². The first-order chi connectivity index (χ1) is 18.0. The van der Waals surface area contributed by atoms with Gasteiger partial charge in [-0.3, -0.25) is 10.1 Å². The summed E-state index contributed by atoms with van der Waals surface area (Å²) >= 11 is 0. The fourth-order valence-electron chi connectivity index (χ4n) is 6.62. The number of aliphatic hydroxyl groups is 1. The van der Waals surface area contributed by atoms with Gasteiger partial charge in [-0.1, -0.05) is 24.3 Å². The third-order valence-electron chi connectivity index (χ3n) is 8.64. The number of anilines is 3. The highest BCUT2D eigenvalue weighted by Crippen LogP contribution is 2.51. The average molecular weight is 497 g/mol. The second-order valence-electron chi connectivity index (χ2n) is 10.8. The van der Waals surface area contributed by atoms with Gasteiger partial charge in [-0.15, -0.1) is 0 Å². The third-order valence-corrected chi connectivity index (χ3v) is 8.64. The molecule has 7 rings (SSSR count). The third kappa shape index (κ3) is 3.52. The van der Waals surface area contributed by atoms with Crippen LogP contribution in [0.2, 0.25) is 0 Å². The van der Waals surface area contributed by atoms with Gasteiger partial charge in [0.15, 0.2) is 22.8 Å². The summed E-state index contributed by atoms with van der Waals surface area (Å²) in [7, 11) is 0. The smallest absolute Gasteiger partial charge is 0.183 e. The number of aryl methyl sites for hydroxylation is 1. The summed E-state index contributed by atoms with van der Waals surface area (Å²) in [5, 5.41) is 18.5. The highest BCUT2D eigenvalue weighted by Gasteiger charge is 2.46. The maximum atomic E-state index is 10.8. The molecule has 4 aromatic rings. The van der Waals surface area contributed by atoms with Crippen molar-refractivity contribution in [1.29, 1.82) is 0 Å². The number of rotatable bonds is 3. The van der Waals surface area contributed by atoms with E-state index in [0.717, 1.165) is 74.8 Å². The number of H-pyrrole nitrogens is 1. The number of nitrogens with zero attached hydrogens (tertiary/aromatic N) is 6. The number of piperidine rings is 1. The first-order valence-electron chi connectivity index (χ1n) is 13.3. The molecule has 9 heteroatoms. The fraction of sp³-hybridized carbons (Fsp3) is 0.429. The zero-order valence-corrected chi connectivity index (χ0v) is 21.1. The monoisotopic (exact) mass is 496 g/mol. The minimum atomic E-state index is -0.751. The molecule has 5 heterocycles. The zero-order valence-electron chi connectivity index (χ0n) is 21.1. The lowest BCUT2D eigenvalue weighted by Crippen LogP contribution is -2.45. The lowest BCUT2D eigenvalue weighted by atomic mass is 9.73. The lowest BCUT2D eigenvalue weighted by molar-refractivity contribution is 0.183. The Hall–Kier alpha value is -3.56. The minimum absolute atomic E-state index is 0.0627. The SMILES string of the molecule is CC(O)c1nc2c(N3CCCc4ncccc43)n[nH]c2nc1N1CCC2(CC1)Cc1ccccc1[C@H]2N. The molecule has 2 aliphatic heterocycles. The number of nitrogens with one attached hydrogen (secondary N) is 1. The lowest BCUT2D eigenvalue weighted by Gasteiger charge is -2.43. The zero-order chi connectivity index (χ0) is 25.1. The van der Waals surface area contributed by atoms with Crippen LogP contribution in [-0.2, 0) is 12.8 Å². The molecule has 9 nitrogen and oxygen atoms in total. The number of benzene rings is 1. The van der Waals surface area contributed by atoms with Crippen LogP contribution in [0.3, 0.4) is 0 Å². The van der Waals surface area contributed by atoms with Crippen molar-refractivity contribution in [3.63, 3.8) is 0 Å². The van der Waals surface area contributed by atoms with E-state index in [4.69, 9.17) is 15.7 Å². The molecule has 1 unspecified atom stereocenters. The van der Waals surface area contributed by atoms with E-state index in [1.807, 2.05) is 12.3 Å². The molecule has 0 bridgehead atoms. The van der Waals surface area contributed by atoms with Gasteiger partial charge in [0, 0.05) is 31.9 Å². The molecule has 0 amide bonds. The Morgan fingerprint density at radius 1 is 1.08 bits per heavy atom. The van der Waals surface area contributed by atoms with Gasteiger partial charge < -0.3 is 20.6 Å². The average Bonchev–Trinajstić information content (AvgIpc) is 3.46. The molecule has 1 spiro atoms. The van der Waals surface area contributed by atoms with Gasteiger partial charge in [0.1, 0.15) is 5.69 Å². The molecule has 1 aromatic carbocycles. The van der Waals surface area contributed by atoms with E-state index in [0.29, 0.717) is 16.9 Å². The molecule has 0 radical (unpaired) electrons. The molecule has 37 heavy (non-hydrogen) atoms. The van der Waals surface area contributed by atoms with Gasteiger partial charge in [0.2, 0.25) is 0 Å². The molecule has 1 aliphatic carbocycles. The highest BCUT2D eigenvalue weighted by atomic mass is 16.3. The van der Waals surface area contributed by atoms with E-state index in [1.165, 1.54) is 11.1 Å². The van der Waals surface area contributed by atoms with Gasteiger partial charge in [-0.05, 0) is 67.7 Å². The number of hydrogen-bond donors (Lipinski definition) is 3. The van der Waals surface area contributed by atoms with E-state index < -0.39 is 6.10 Å². The first kappa shape index (κ1) is 22.6. The molecular weight excluding hydrogens is 464 g/mol. The number of aromatic amines is 1. The summed E-state index contributed by atoms with van der Waals surface area (Å²) in [4.78, 5) is 18.9. The molecule has 3 aromatic heterocycles. The number of pyridine rings is 1. The predicted octanol–water partition coefficient (Wildman–Crippen LogP) is 3.73. The van der Waals surface area contributed by atoms with Crippen molar-refractivity contribution in [3.05, 3.63) is 65.1 Å². The van der Waals surface area contributed by atoms with E-state index in [-0.39, 0.29) is 11.5 Å². The maximum Gasteiger partial charge on any atom is 0.183 e. The summed E-state index contributed by atoms with van der Waals surface area (Å²) in [6.07, 6.45) is 6.02. The molecule has 3 aliphatic rings. The van der Waals surface area contributed by atoms with Crippen LogP contribution < -0.4 is 15.5 Å². The number of hydrogen-bond acceptors (Lipinski definition) is 8. The minimum Gasteiger partial charge on any atom is -0.387 e. The Morgan fingerprint density at radius 3 is 2.73 bits per heavy atom. The van der Waals surface area contributed by atoms with Crippen LogP contribution >= 0.6 is 0 Å². The van der Waals surface area contributed by atoms with Gasteiger partial charge in [-0.2, -0.15) is 5.10 Å². The second-order valence-corrected chi connectivity index (χ2v) is 10.8. The van der Waals surface area contributed by atoms with E-state index >= 15 is 0 Å². The van der Waals surface area contributed by atoms with Crippen LogP contribution in [0.4, 0.5) is 17.3 Å². The molecule has 0 saturated carbocycles. The van der Waals surface area contributed by atoms with Crippen molar-refractivity contribution in [3.8, 4) is 0 Å². The molecule has 4 N–H and O–H groups in total. The van der Waals surface area contributed by atoms with Crippen LogP contribution in [0, 0.1) is 5.41 Å². The number of nitrogens with two attached hydrogens (primary N) is 1. The van der Waals surface area contributed by atoms with E-state index in [9.17, 15) is 5.11 Å². The topological polar surface area (TPSA) is 120 Å². The normalized spacial score (nSPS) is 21.3. The van der Waals surface area contributed by atoms with Crippen LogP contribution in [0.5, 0.6) is 0 Å². The molecule has 1 fully saturated rings. The van der Waals surface area contributed by atoms with Crippen molar-refractivity contribution >= 4 is 28.5 Å². The summed E-state index contributed by atoms with van der Waals surface area (Å²) < 4.78 is 0. The summed E-state index contributed by atoms with van der Waals surface area (Å²) in [5.74, 6) is 1.47. The molecule has 190 valence electrons. The second kappa shape index (κ2) is 8.49. The summed E-state index contributed by atoms with van der Waals surface area (Å²) in [5.41, 5.74) is 13.6. The van der Waals surface area contributed by atoms with Crippen LogP contribution in [0.25, 0.3) is 11.2 Å².